The smallest absolute Gasteiger partial charge is 0.407 e. The molecule has 0 saturated carbocycles. The highest BCUT2D eigenvalue weighted by atomic mass is 127. The van der Waals surface area contributed by atoms with E-state index in [-0.39, 0.29) is 35.9 Å². The van der Waals surface area contributed by atoms with Gasteiger partial charge in [0.15, 0.2) is 5.96 Å². The number of halogens is 1. The summed E-state index contributed by atoms with van der Waals surface area (Å²) in [6.45, 7) is 17.6. The fourth-order valence-corrected chi connectivity index (χ4v) is 2.74. The number of nitrogens with zero attached hydrogens (tertiary/aromatic N) is 2. The molecule has 0 aliphatic rings. The molecule has 30 heavy (non-hydrogen) atoms. The summed E-state index contributed by atoms with van der Waals surface area (Å²) in [5.74, 6) is 1.80. The molecule has 1 aromatic heterocycles. The zero-order chi connectivity index (χ0) is 22.0. The zero-order valence-corrected chi connectivity index (χ0v) is 22.0. The van der Waals surface area contributed by atoms with Crippen molar-refractivity contribution in [2.45, 2.75) is 86.4 Å². The van der Waals surface area contributed by atoms with Gasteiger partial charge in [0.2, 0.25) is 0 Å². The predicted molar refractivity (Wildman–Crippen MR) is 131 cm³/mol. The van der Waals surface area contributed by atoms with Gasteiger partial charge in [-0.3, -0.25) is 0 Å². The Balaban J connectivity index is 0.00000841. The largest absolute Gasteiger partial charge is 0.444 e. The summed E-state index contributed by atoms with van der Waals surface area (Å²) in [6, 6.07) is -0.0956. The fourth-order valence-electron chi connectivity index (χ4n) is 2.74. The van der Waals surface area contributed by atoms with Gasteiger partial charge >= 0.3 is 6.09 Å². The van der Waals surface area contributed by atoms with Gasteiger partial charge in [-0.1, -0.05) is 32.9 Å². The minimum atomic E-state index is -0.526. The number of guanidine groups is 1. The van der Waals surface area contributed by atoms with Gasteiger partial charge in [-0.15, -0.1) is 24.0 Å². The Labute approximate surface area is 198 Å². The van der Waals surface area contributed by atoms with Crippen molar-refractivity contribution in [1.29, 1.82) is 0 Å². The third-order valence-electron chi connectivity index (χ3n) is 4.34. The van der Waals surface area contributed by atoms with Gasteiger partial charge in [0.05, 0.1) is 18.3 Å². The number of nitrogens with one attached hydrogen (secondary N) is 3. The summed E-state index contributed by atoms with van der Waals surface area (Å²) in [5, 5.41) is 13.7. The number of aromatic nitrogens is 1. The molecule has 0 bridgehead atoms. The van der Waals surface area contributed by atoms with Gasteiger partial charge in [0.25, 0.3) is 0 Å². The Morgan fingerprint density at radius 1 is 1.17 bits per heavy atom. The van der Waals surface area contributed by atoms with E-state index in [2.05, 4.69) is 41.9 Å². The molecule has 0 fully saturated rings. The van der Waals surface area contributed by atoms with Crippen molar-refractivity contribution in [2.75, 3.05) is 13.1 Å². The molecular weight excluding hydrogens is 497 g/mol. The molecule has 174 valence electrons. The van der Waals surface area contributed by atoms with Crippen molar-refractivity contribution in [1.82, 2.24) is 21.1 Å². The Morgan fingerprint density at radius 3 is 2.33 bits per heavy atom. The van der Waals surface area contributed by atoms with Crippen molar-refractivity contribution in [3.05, 3.63) is 17.0 Å². The van der Waals surface area contributed by atoms with Crippen LogP contribution in [-0.4, -0.2) is 41.9 Å². The van der Waals surface area contributed by atoms with Crippen molar-refractivity contribution in [2.24, 2.45) is 10.9 Å². The number of aliphatic imine (C=N–C) groups is 1. The first-order chi connectivity index (χ1) is 13.6. The van der Waals surface area contributed by atoms with Crippen molar-refractivity contribution < 1.29 is 14.1 Å². The Hall–Kier alpha value is -1.52. The van der Waals surface area contributed by atoms with E-state index >= 15 is 0 Å². The molecule has 1 aromatic rings. The van der Waals surface area contributed by atoms with Gasteiger partial charge in [0.1, 0.15) is 11.4 Å². The summed E-state index contributed by atoms with van der Waals surface area (Å²) in [7, 11) is 0. The topological polar surface area (TPSA) is 101 Å². The van der Waals surface area contributed by atoms with Crippen LogP contribution in [0.25, 0.3) is 0 Å². The molecule has 8 nitrogen and oxygen atoms in total. The average molecular weight is 537 g/mol. The van der Waals surface area contributed by atoms with Crippen molar-refractivity contribution >= 4 is 36.0 Å². The predicted octanol–water partition coefficient (Wildman–Crippen LogP) is 4.02. The maximum absolute atomic E-state index is 12.1. The fraction of sp³-hybridized carbons (Fsp3) is 0.762. The average Bonchev–Trinajstić information content (AvgIpc) is 3.02. The zero-order valence-electron chi connectivity index (χ0n) is 19.7. The Kier molecular flexibility index (Phi) is 13.0. The monoisotopic (exact) mass is 537 g/mol. The first kappa shape index (κ1) is 28.5. The van der Waals surface area contributed by atoms with E-state index in [0.717, 1.165) is 36.4 Å². The van der Waals surface area contributed by atoms with Crippen molar-refractivity contribution in [3.63, 3.8) is 0 Å². The number of amides is 1. The van der Waals surface area contributed by atoms with Gasteiger partial charge in [-0.05, 0) is 40.0 Å². The highest BCUT2D eigenvalue weighted by Gasteiger charge is 2.21. The lowest BCUT2D eigenvalue weighted by atomic mass is 10.0. The number of aryl methyl sites for hydroxylation is 2. The van der Waals surface area contributed by atoms with E-state index in [9.17, 15) is 4.79 Å². The van der Waals surface area contributed by atoms with Crippen molar-refractivity contribution in [3.8, 4) is 0 Å². The van der Waals surface area contributed by atoms with Crippen LogP contribution >= 0.6 is 24.0 Å². The van der Waals surface area contributed by atoms with Gasteiger partial charge < -0.3 is 25.2 Å². The van der Waals surface area contributed by atoms with Crippen LogP contribution in [0.15, 0.2) is 9.52 Å². The second-order valence-corrected chi connectivity index (χ2v) is 8.31. The minimum absolute atomic E-state index is 0. The second-order valence-electron chi connectivity index (χ2n) is 8.31. The van der Waals surface area contributed by atoms with E-state index in [4.69, 9.17) is 14.3 Å². The summed E-state index contributed by atoms with van der Waals surface area (Å²) < 4.78 is 10.8. The summed E-state index contributed by atoms with van der Waals surface area (Å²) >= 11 is 0. The molecule has 1 amide bonds. The molecule has 1 rings (SSSR count). The first-order valence-electron chi connectivity index (χ1n) is 10.6. The highest BCUT2D eigenvalue weighted by molar-refractivity contribution is 14.0. The first-order valence-corrected chi connectivity index (χ1v) is 10.6. The highest BCUT2D eigenvalue weighted by Crippen LogP contribution is 2.16. The third-order valence-corrected chi connectivity index (χ3v) is 4.34. The molecular formula is C21H40IN5O3. The lowest BCUT2D eigenvalue weighted by Gasteiger charge is -2.26. The van der Waals surface area contributed by atoms with Crippen LogP contribution < -0.4 is 16.0 Å². The lowest BCUT2D eigenvalue weighted by molar-refractivity contribution is 0.0491. The molecule has 9 heteroatoms. The van der Waals surface area contributed by atoms with E-state index in [1.54, 1.807) is 0 Å². The molecule has 1 unspecified atom stereocenters. The van der Waals surface area contributed by atoms with E-state index in [0.29, 0.717) is 19.0 Å². The number of ether oxygens (including phenoxy) is 1. The molecule has 0 saturated heterocycles. The number of hydrogen-bond acceptors (Lipinski definition) is 5. The number of carbonyl (C=O) groups is 1. The number of alkyl carbamates (subject to hydrolysis) is 1. The molecule has 0 aliphatic carbocycles. The number of hydrogen-bond donors (Lipinski definition) is 3. The van der Waals surface area contributed by atoms with Gasteiger partial charge in [-0.2, -0.15) is 0 Å². The van der Waals surface area contributed by atoms with Gasteiger partial charge in [0, 0.05) is 25.1 Å². The second kappa shape index (κ2) is 13.7. The van der Waals surface area contributed by atoms with E-state index in [1.807, 2.05) is 34.6 Å². The van der Waals surface area contributed by atoms with Crippen LogP contribution in [0, 0.1) is 5.92 Å². The third kappa shape index (κ3) is 9.99. The molecule has 1 heterocycles. The van der Waals surface area contributed by atoms with Gasteiger partial charge in [-0.25, -0.2) is 9.79 Å². The quantitative estimate of drug-likeness (QED) is 0.250. The van der Waals surface area contributed by atoms with Crippen LogP contribution in [0.1, 0.15) is 72.4 Å². The van der Waals surface area contributed by atoms with Crippen LogP contribution in [0.5, 0.6) is 0 Å². The Bertz CT molecular complexity index is 647. The van der Waals surface area contributed by atoms with Crippen LogP contribution in [0.2, 0.25) is 0 Å². The maximum Gasteiger partial charge on any atom is 0.407 e. The molecule has 1 atom stereocenters. The molecule has 0 spiro atoms. The number of carbonyl (C=O) groups excluding carboxylic acids is 1. The maximum atomic E-state index is 12.1. The van der Waals surface area contributed by atoms with Crippen LogP contribution in [-0.2, 0) is 24.1 Å². The molecule has 3 N–H and O–H groups in total. The summed E-state index contributed by atoms with van der Waals surface area (Å²) in [6.07, 6.45) is 1.19. The lowest BCUT2D eigenvalue weighted by Crippen LogP contribution is -2.50. The Morgan fingerprint density at radius 2 is 1.83 bits per heavy atom. The summed E-state index contributed by atoms with van der Waals surface area (Å²) in [4.78, 5) is 16.8. The van der Waals surface area contributed by atoms with E-state index in [1.165, 1.54) is 0 Å². The molecule has 0 aromatic carbocycles. The normalized spacial score (nSPS) is 12.9. The standard InChI is InChI=1S/C21H39N5O3.HI/c1-9-16-15(18(10-2)29-26-16)12-23-19(22-11-3)24-13-17(14(4)5)25-20(27)28-21(6,7)8;/h14,17H,9-13H2,1-8H3,(H,25,27)(H2,22,23,24);1H. The molecule has 0 radical (unpaired) electrons. The minimum Gasteiger partial charge on any atom is -0.444 e. The van der Waals surface area contributed by atoms with Crippen LogP contribution in [0.3, 0.4) is 0 Å². The number of rotatable bonds is 9. The SMILES string of the molecule is CCNC(=NCc1c(CC)noc1CC)NCC(NC(=O)OC(C)(C)C)C(C)C.I. The van der Waals surface area contributed by atoms with Crippen LogP contribution in [0.4, 0.5) is 4.79 Å². The van der Waals surface area contributed by atoms with E-state index < -0.39 is 11.7 Å². The molecule has 0 aliphatic heterocycles. The summed E-state index contributed by atoms with van der Waals surface area (Å²) in [5.41, 5.74) is 1.48.